The van der Waals surface area contributed by atoms with Crippen LogP contribution < -0.4 is 4.74 Å². The summed E-state index contributed by atoms with van der Waals surface area (Å²) < 4.78 is 8.78. The van der Waals surface area contributed by atoms with Crippen molar-refractivity contribution in [3.63, 3.8) is 0 Å². The number of aromatic nitrogens is 1. The number of nitrogens with zero attached hydrogens (tertiary/aromatic N) is 2. The van der Waals surface area contributed by atoms with Gasteiger partial charge in [-0.3, -0.25) is 0 Å². The minimum absolute atomic E-state index is 0.661. The smallest absolute Gasteiger partial charge is 0.136 e. The van der Waals surface area contributed by atoms with Crippen molar-refractivity contribution in [1.82, 2.24) is 4.57 Å². The molecule has 7 rings (SSSR count). The first-order valence-electron chi connectivity index (χ1n) is 11.9. The quantitative estimate of drug-likeness (QED) is 0.259. The third-order valence-electron chi connectivity index (χ3n) is 6.84. The van der Waals surface area contributed by atoms with E-state index in [-0.39, 0.29) is 0 Å². The highest BCUT2D eigenvalue weighted by atomic mass is 16.5. The van der Waals surface area contributed by atoms with E-state index in [1.54, 1.807) is 0 Å². The predicted octanol–water partition coefficient (Wildman–Crippen LogP) is 8.61. The molecule has 168 valence electrons. The third-order valence-corrected chi connectivity index (χ3v) is 6.84. The van der Waals surface area contributed by atoms with Crippen molar-refractivity contribution in [3.05, 3.63) is 127 Å². The Morgan fingerprint density at radius 1 is 0.611 bits per heavy atom. The second-order valence-electron chi connectivity index (χ2n) is 8.91. The number of hydrogen-bond donors (Lipinski definition) is 0. The Morgan fingerprint density at radius 2 is 1.31 bits per heavy atom. The van der Waals surface area contributed by atoms with Crippen LogP contribution in [-0.4, -0.2) is 4.57 Å². The lowest BCUT2D eigenvalue weighted by atomic mass is 9.98. The summed E-state index contributed by atoms with van der Waals surface area (Å²) in [7, 11) is 0. The van der Waals surface area contributed by atoms with Gasteiger partial charge >= 0.3 is 0 Å². The molecular formula is C33H20N2O. The highest BCUT2D eigenvalue weighted by Gasteiger charge is 2.27. The van der Waals surface area contributed by atoms with Gasteiger partial charge in [0.05, 0.1) is 22.8 Å². The molecule has 3 heteroatoms. The lowest BCUT2D eigenvalue weighted by Crippen LogP contribution is -1.98. The van der Waals surface area contributed by atoms with E-state index in [1.807, 2.05) is 48.5 Å². The summed E-state index contributed by atoms with van der Waals surface area (Å²) in [5.41, 5.74) is 9.43. The molecule has 0 amide bonds. The summed E-state index contributed by atoms with van der Waals surface area (Å²) in [6.07, 6.45) is 0. The fraction of sp³-hybridized carbons (Fsp3) is 0. The first kappa shape index (κ1) is 20.3. The molecule has 0 N–H and O–H groups in total. The van der Waals surface area contributed by atoms with Gasteiger partial charge in [-0.1, -0.05) is 72.8 Å². The van der Waals surface area contributed by atoms with Crippen LogP contribution in [0.1, 0.15) is 5.56 Å². The Kier molecular flexibility index (Phi) is 4.52. The average Bonchev–Trinajstić information content (AvgIpc) is 3.21. The fourth-order valence-corrected chi connectivity index (χ4v) is 5.24. The zero-order chi connectivity index (χ0) is 24.1. The maximum atomic E-state index is 9.30. The maximum absolute atomic E-state index is 9.30. The Labute approximate surface area is 209 Å². The summed E-state index contributed by atoms with van der Waals surface area (Å²) in [5, 5.41) is 10.5. The number of ether oxygens (including phenoxy) is 1. The second kappa shape index (κ2) is 8.01. The van der Waals surface area contributed by atoms with Gasteiger partial charge in [0.15, 0.2) is 0 Å². The first-order chi connectivity index (χ1) is 17.8. The number of benzene rings is 5. The van der Waals surface area contributed by atoms with Gasteiger partial charge < -0.3 is 9.30 Å². The molecule has 3 nitrogen and oxygen atoms in total. The molecule has 2 heterocycles. The molecule has 0 radical (unpaired) electrons. The molecule has 6 aromatic rings. The Bertz CT molecular complexity index is 1820. The van der Waals surface area contributed by atoms with E-state index in [0.717, 1.165) is 50.7 Å². The van der Waals surface area contributed by atoms with Crippen LogP contribution in [0.2, 0.25) is 0 Å². The van der Waals surface area contributed by atoms with Crippen LogP contribution in [0, 0.1) is 11.3 Å². The molecule has 1 aromatic heterocycles. The summed E-state index contributed by atoms with van der Waals surface area (Å²) in [6.45, 7) is 0. The summed E-state index contributed by atoms with van der Waals surface area (Å²) in [4.78, 5) is 0. The van der Waals surface area contributed by atoms with E-state index in [4.69, 9.17) is 4.74 Å². The van der Waals surface area contributed by atoms with E-state index in [0.29, 0.717) is 5.56 Å². The van der Waals surface area contributed by atoms with Gasteiger partial charge in [-0.2, -0.15) is 5.26 Å². The van der Waals surface area contributed by atoms with Crippen molar-refractivity contribution in [3.8, 4) is 56.8 Å². The van der Waals surface area contributed by atoms with Crippen LogP contribution in [0.3, 0.4) is 0 Å². The number of para-hydroxylation sites is 3. The van der Waals surface area contributed by atoms with Gasteiger partial charge in [-0.15, -0.1) is 0 Å². The second-order valence-corrected chi connectivity index (χ2v) is 8.91. The summed E-state index contributed by atoms with van der Waals surface area (Å²) >= 11 is 0. The van der Waals surface area contributed by atoms with Crippen LogP contribution >= 0.6 is 0 Å². The number of nitriles is 1. The number of fused-ring (bicyclic) bond motifs is 7. The van der Waals surface area contributed by atoms with Crippen molar-refractivity contribution in [2.24, 2.45) is 0 Å². The van der Waals surface area contributed by atoms with Gasteiger partial charge in [-0.05, 0) is 59.7 Å². The van der Waals surface area contributed by atoms with Crippen molar-refractivity contribution in [1.29, 1.82) is 5.26 Å². The normalized spacial score (nSPS) is 11.5. The molecule has 0 bridgehead atoms. The molecular weight excluding hydrogens is 440 g/mol. The molecule has 1 aliphatic rings. The van der Waals surface area contributed by atoms with Crippen molar-refractivity contribution in [2.75, 3.05) is 0 Å². The van der Waals surface area contributed by atoms with Crippen LogP contribution in [0.25, 0.3) is 50.1 Å². The Hall–Kier alpha value is -5.07. The predicted molar refractivity (Wildman–Crippen MR) is 144 cm³/mol. The summed E-state index contributed by atoms with van der Waals surface area (Å²) in [6, 6.07) is 43.6. The van der Waals surface area contributed by atoms with Crippen LogP contribution in [0.4, 0.5) is 0 Å². The van der Waals surface area contributed by atoms with E-state index in [1.165, 1.54) is 10.9 Å². The molecule has 0 aliphatic carbocycles. The number of rotatable bonds is 2. The van der Waals surface area contributed by atoms with Crippen LogP contribution in [-0.2, 0) is 0 Å². The summed E-state index contributed by atoms with van der Waals surface area (Å²) in [5.74, 6) is 1.71. The largest absolute Gasteiger partial charge is 0.456 e. The van der Waals surface area contributed by atoms with E-state index in [9.17, 15) is 5.26 Å². The molecule has 0 spiro atoms. The standard InChI is InChI=1S/C33H20N2O/c34-21-22-8-7-9-24(20-22)23-16-18-25(19-17-23)35-29-13-4-1-10-26(29)32-27-11-2-5-14-30(27)36-31-15-6-3-12-28(31)33(32)35/h1-20H. The zero-order valence-corrected chi connectivity index (χ0v) is 19.3. The van der Waals surface area contributed by atoms with E-state index < -0.39 is 0 Å². The first-order valence-corrected chi connectivity index (χ1v) is 11.9. The molecule has 0 atom stereocenters. The minimum Gasteiger partial charge on any atom is -0.456 e. The van der Waals surface area contributed by atoms with E-state index >= 15 is 0 Å². The molecule has 0 saturated carbocycles. The monoisotopic (exact) mass is 460 g/mol. The van der Waals surface area contributed by atoms with Crippen LogP contribution in [0.15, 0.2) is 121 Å². The molecule has 0 fully saturated rings. The Morgan fingerprint density at radius 3 is 2.11 bits per heavy atom. The van der Waals surface area contributed by atoms with E-state index in [2.05, 4.69) is 83.4 Å². The SMILES string of the molecule is N#Cc1cccc(-c2ccc(-n3c4c(c5ccccc53)-c3ccccc3Oc3ccccc3-4)cc2)c1. The van der Waals surface area contributed by atoms with Crippen LogP contribution in [0.5, 0.6) is 11.5 Å². The maximum Gasteiger partial charge on any atom is 0.136 e. The lowest BCUT2D eigenvalue weighted by Gasteiger charge is -2.14. The fourth-order valence-electron chi connectivity index (χ4n) is 5.24. The van der Waals surface area contributed by atoms with Gasteiger partial charge in [0.25, 0.3) is 0 Å². The van der Waals surface area contributed by atoms with Gasteiger partial charge in [0, 0.05) is 27.8 Å². The molecule has 36 heavy (non-hydrogen) atoms. The highest BCUT2D eigenvalue weighted by molar-refractivity contribution is 6.08. The third kappa shape index (κ3) is 3.06. The van der Waals surface area contributed by atoms with Crippen molar-refractivity contribution in [2.45, 2.75) is 0 Å². The van der Waals surface area contributed by atoms with Gasteiger partial charge in [-0.25, -0.2) is 0 Å². The minimum atomic E-state index is 0.661. The van der Waals surface area contributed by atoms with Crippen molar-refractivity contribution < 1.29 is 4.74 Å². The molecule has 0 unspecified atom stereocenters. The highest BCUT2D eigenvalue weighted by Crippen LogP contribution is 2.51. The molecule has 0 saturated heterocycles. The lowest BCUT2D eigenvalue weighted by molar-refractivity contribution is 0.487. The molecule has 1 aliphatic heterocycles. The molecule has 5 aromatic carbocycles. The van der Waals surface area contributed by atoms with Gasteiger partial charge in [0.2, 0.25) is 0 Å². The van der Waals surface area contributed by atoms with Gasteiger partial charge in [0.1, 0.15) is 11.5 Å². The topological polar surface area (TPSA) is 38.0 Å². The Balaban J connectivity index is 1.51. The number of hydrogen-bond acceptors (Lipinski definition) is 2. The van der Waals surface area contributed by atoms with Crippen molar-refractivity contribution >= 4 is 10.9 Å². The average molecular weight is 461 g/mol. The zero-order valence-electron chi connectivity index (χ0n) is 19.3.